The third-order valence-corrected chi connectivity index (χ3v) is 4.04. The van der Waals surface area contributed by atoms with E-state index in [1.807, 2.05) is 48.5 Å². The summed E-state index contributed by atoms with van der Waals surface area (Å²) < 4.78 is 11.5. The molecule has 2 atom stereocenters. The topological polar surface area (TPSA) is 40.0 Å². The van der Waals surface area contributed by atoms with Gasteiger partial charge >= 0.3 is 0 Å². The number of oxime groups is 1. The van der Waals surface area contributed by atoms with Crippen LogP contribution in [-0.4, -0.2) is 25.2 Å². The molecular formula is C18H17NO3. The van der Waals surface area contributed by atoms with Gasteiger partial charge in [0.25, 0.3) is 0 Å². The Morgan fingerprint density at radius 1 is 0.818 bits per heavy atom. The molecule has 0 spiro atoms. The summed E-state index contributed by atoms with van der Waals surface area (Å²) in [6.07, 6.45) is -0.494. The number of nitrogens with zero attached hydrogens (tertiary/aromatic N) is 1. The van der Waals surface area contributed by atoms with Crippen molar-refractivity contribution in [2.24, 2.45) is 11.1 Å². The zero-order chi connectivity index (χ0) is 14.8. The molecule has 0 saturated carbocycles. The van der Waals surface area contributed by atoms with E-state index in [1.54, 1.807) is 0 Å². The fourth-order valence-corrected chi connectivity index (χ4v) is 3.00. The van der Waals surface area contributed by atoms with Crippen LogP contribution in [0.1, 0.15) is 17.2 Å². The average molecular weight is 295 g/mol. The number of hydrogen-bond acceptors (Lipinski definition) is 4. The predicted octanol–water partition coefficient (Wildman–Crippen LogP) is 3.15. The van der Waals surface area contributed by atoms with Crippen LogP contribution in [0.25, 0.3) is 0 Å². The zero-order valence-corrected chi connectivity index (χ0v) is 12.1. The molecule has 4 nitrogen and oxygen atoms in total. The molecule has 0 bridgehead atoms. The Morgan fingerprint density at radius 2 is 1.45 bits per heavy atom. The van der Waals surface area contributed by atoms with E-state index < -0.39 is 0 Å². The molecule has 2 aliphatic heterocycles. The zero-order valence-electron chi connectivity index (χ0n) is 12.1. The lowest BCUT2D eigenvalue weighted by atomic mass is 9.88. The van der Waals surface area contributed by atoms with E-state index in [9.17, 15) is 0 Å². The predicted molar refractivity (Wildman–Crippen MR) is 82.4 cm³/mol. The van der Waals surface area contributed by atoms with E-state index in [1.165, 1.54) is 0 Å². The van der Waals surface area contributed by atoms with Crippen LogP contribution in [0, 0.1) is 5.92 Å². The van der Waals surface area contributed by atoms with Crippen LogP contribution >= 0.6 is 0 Å². The molecule has 2 aromatic rings. The highest BCUT2D eigenvalue weighted by Gasteiger charge is 2.44. The first-order chi connectivity index (χ1) is 10.9. The van der Waals surface area contributed by atoms with Gasteiger partial charge < -0.3 is 14.3 Å². The molecule has 0 aromatic heterocycles. The van der Waals surface area contributed by atoms with Gasteiger partial charge in [-0.15, -0.1) is 0 Å². The molecule has 0 N–H and O–H groups in total. The molecule has 4 heteroatoms. The number of hydrogen-bond donors (Lipinski definition) is 0. The SMILES string of the molecule is c1ccc(C2=NO[C@H](c3ccccc3)[C@H]2C2OCCO2)cc1. The van der Waals surface area contributed by atoms with E-state index >= 15 is 0 Å². The molecule has 22 heavy (non-hydrogen) atoms. The molecule has 2 heterocycles. The minimum atomic E-state index is -0.313. The van der Waals surface area contributed by atoms with E-state index in [4.69, 9.17) is 14.3 Å². The molecule has 1 fully saturated rings. The maximum atomic E-state index is 5.76. The molecule has 4 rings (SSSR count). The van der Waals surface area contributed by atoms with Gasteiger partial charge in [-0.05, 0) is 11.1 Å². The Hall–Kier alpha value is -2.17. The fraction of sp³-hybridized carbons (Fsp3) is 0.278. The lowest BCUT2D eigenvalue weighted by molar-refractivity contribution is -0.0963. The van der Waals surface area contributed by atoms with Gasteiger partial charge in [0.1, 0.15) is 5.92 Å². The number of ether oxygens (including phenoxy) is 2. The highest BCUT2D eigenvalue weighted by molar-refractivity contribution is 6.03. The van der Waals surface area contributed by atoms with Gasteiger partial charge in [-0.25, -0.2) is 0 Å². The Labute approximate surface area is 129 Å². The summed E-state index contributed by atoms with van der Waals surface area (Å²) in [5.41, 5.74) is 3.02. The second-order valence-corrected chi connectivity index (χ2v) is 5.42. The minimum absolute atomic E-state index is 0.0627. The van der Waals surface area contributed by atoms with Crippen molar-refractivity contribution in [3.63, 3.8) is 0 Å². The summed E-state index contributed by atoms with van der Waals surface area (Å²) in [7, 11) is 0. The largest absolute Gasteiger partial charge is 0.386 e. The summed E-state index contributed by atoms with van der Waals surface area (Å²) in [4.78, 5) is 5.76. The third-order valence-electron chi connectivity index (χ3n) is 4.04. The Bertz CT molecular complexity index is 651. The van der Waals surface area contributed by atoms with Crippen LogP contribution in [0.5, 0.6) is 0 Å². The second-order valence-electron chi connectivity index (χ2n) is 5.42. The van der Waals surface area contributed by atoms with Gasteiger partial charge in [-0.1, -0.05) is 65.8 Å². The lowest BCUT2D eigenvalue weighted by Gasteiger charge is -2.23. The van der Waals surface area contributed by atoms with Crippen molar-refractivity contribution in [2.45, 2.75) is 12.4 Å². The Kier molecular flexibility index (Phi) is 3.62. The Balaban J connectivity index is 1.70. The first-order valence-electron chi connectivity index (χ1n) is 7.51. The van der Waals surface area contributed by atoms with Crippen molar-refractivity contribution >= 4 is 5.71 Å². The van der Waals surface area contributed by atoms with Crippen LogP contribution in [0.15, 0.2) is 65.8 Å². The molecule has 0 aliphatic carbocycles. The van der Waals surface area contributed by atoms with Crippen molar-refractivity contribution < 1.29 is 14.3 Å². The first kappa shape index (κ1) is 13.5. The minimum Gasteiger partial charge on any atom is -0.386 e. The van der Waals surface area contributed by atoms with Crippen molar-refractivity contribution in [2.75, 3.05) is 13.2 Å². The van der Waals surface area contributed by atoms with Crippen molar-refractivity contribution in [1.29, 1.82) is 0 Å². The quantitative estimate of drug-likeness (QED) is 0.873. The van der Waals surface area contributed by atoms with Gasteiger partial charge in [0.15, 0.2) is 12.4 Å². The number of benzene rings is 2. The first-order valence-corrected chi connectivity index (χ1v) is 7.51. The molecule has 2 aromatic carbocycles. The lowest BCUT2D eigenvalue weighted by Crippen LogP contribution is -2.31. The van der Waals surface area contributed by atoms with E-state index in [0.717, 1.165) is 16.8 Å². The molecule has 0 unspecified atom stereocenters. The normalized spacial score (nSPS) is 25.0. The number of rotatable bonds is 3. The highest BCUT2D eigenvalue weighted by atomic mass is 16.7. The molecule has 0 amide bonds. The summed E-state index contributed by atoms with van der Waals surface area (Å²) >= 11 is 0. The van der Waals surface area contributed by atoms with Crippen LogP contribution < -0.4 is 0 Å². The van der Waals surface area contributed by atoms with Crippen molar-refractivity contribution in [3.8, 4) is 0 Å². The van der Waals surface area contributed by atoms with Crippen molar-refractivity contribution in [1.82, 2.24) is 0 Å². The average Bonchev–Trinajstić information content (AvgIpc) is 3.25. The summed E-state index contributed by atoms with van der Waals surface area (Å²) in [6.45, 7) is 1.23. The van der Waals surface area contributed by atoms with Gasteiger partial charge in [-0.2, -0.15) is 0 Å². The van der Waals surface area contributed by atoms with Crippen LogP contribution in [0.2, 0.25) is 0 Å². The van der Waals surface area contributed by atoms with Gasteiger partial charge in [0.05, 0.1) is 18.9 Å². The van der Waals surface area contributed by atoms with Gasteiger partial charge in [0.2, 0.25) is 0 Å². The van der Waals surface area contributed by atoms with Crippen molar-refractivity contribution in [3.05, 3.63) is 71.8 Å². The second kappa shape index (κ2) is 5.91. The van der Waals surface area contributed by atoms with E-state index in [2.05, 4.69) is 17.3 Å². The van der Waals surface area contributed by atoms with Gasteiger partial charge in [0, 0.05) is 0 Å². The third kappa shape index (κ3) is 2.40. The van der Waals surface area contributed by atoms with E-state index in [0.29, 0.717) is 13.2 Å². The van der Waals surface area contributed by atoms with Crippen LogP contribution in [0.4, 0.5) is 0 Å². The maximum absolute atomic E-state index is 5.76. The van der Waals surface area contributed by atoms with E-state index in [-0.39, 0.29) is 18.3 Å². The maximum Gasteiger partial charge on any atom is 0.170 e. The summed E-state index contributed by atoms with van der Waals surface area (Å²) in [6, 6.07) is 20.2. The fourth-order valence-electron chi connectivity index (χ4n) is 3.00. The monoisotopic (exact) mass is 295 g/mol. The molecule has 2 aliphatic rings. The summed E-state index contributed by atoms with van der Waals surface area (Å²) in [5.74, 6) is -0.0627. The molecular weight excluding hydrogens is 278 g/mol. The van der Waals surface area contributed by atoms with Crippen LogP contribution in [-0.2, 0) is 14.3 Å². The molecule has 0 radical (unpaired) electrons. The highest BCUT2D eigenvalue weighted by Crippen LogP contribution is 2.39. The Morgan fingerprint density at radius 3 is 2.14 bits per heavy atom. The van der Waals surface area contributed by atoms with Gasteiger partial charge in [-0.3, -0.25) is 0 Å². The standard InChI is InChI=1S/C18H17NO3/c1-3-7-13(8-4-1)16-15(18-20-11-12-21-18)17(22-19-16)14-9-5-2-6-10-14/h1-10,15,17-18H,11-12H2/t15-,17+/m0/s1. The molecule has 1 saturated heterocycles. The smallest absolute Gasteiger partial charge is 0.170 e. The molecule has 112 valence electrons. The van der Waals surface area contributed by atoms with Crippen LogP contribution in [0.3, 0.4) is 0 Å². The summed E-state index contributed by atoms with van der Waals surface area (Å²) in [5, 5.41) is 4.35.